The van der Waals surface area contributed by atoms with Crippen molar-refractivity contribution in [1.82, 2.24) is 10.2 Å². The molecule has 0 aliphatic carbocycles. The van der Waals surface area contributed by atoms with Crippen LogP contribution in [0.4, 0.5) is 0 Å². The molecule has 6 heavy (non-hydrogen) atoms. The average molecular weight is 138 g/mol. The topological polar surface area (TPSA) is 28.7 Å². The van der Waals surface area contributed by atoms with Crippen LogP contribution in [0.3, 0.4) is 0 Å². The van der Waals surface area contributed by atoms with Crippen molar-refractivity contribution >= 4 is 19.8 Å². The normalized spacial score (nSPS) is 6.67. The summed E-state index contributed by atoms with van der Waals surface area (Å²) < 4.78 is 0. The average Bonchev–Trinajstić information content (AvgIpc) is 1.76. The molecule has 1 rings (SSSR count). The van der Waals surface area contributed by atoms with Gasteiger partial charge in [0.05, 0.1) is 0 Å². The molecule has 0 spiro atoms. The van der Waals surface area contributed by atoms with Gasteiger partial charge in [0.1, 0.15) is 0 Å². The van der Waals surface area contributed by atoms with Crippen LogP contribution >= 0.6 is 0 Å². The van der Waals surface area contributed by atoms with E-state index in [0.29, 0.717) is 0 Å². The Morgan fingerprint density at radius 1 is 1.50 bits per heavy atom. The van der Waals surface area contributed by atoms with Gasteiger partial charge >= 0.3 is 0 Å². The van der Waals surface area contributed by atoms with Gasteiger partial charge in [0.15, 0.2) is 0 Å². The van der Waals surface area contributed by atoms with Gasteiger partial charge in [0.2, 0.25) is 0 Å². The van der Waals surface area contributed by atoms with Crippen molar-refractivity contribution in [2.24, 2.45) is 0 Å². The quantitative estimate of drug-likeness (QED) is 0.503. The Morgan fingerprint density at radius 2 is 2.33 bits per heavy atom. The molecule has 0 saturated carbocycles. The van der Waals surface area contributed by atoms with Gasteiger partial charge in [0.25, 0.3) is 0 Å². The van der Waals surface area contributed by atoms with Crippen molar-refractivity contribution in [3.05, 3.63) is 18.5 Å². The summed E-state index contributed by atoms with van der Waals surface area (Å²) in [6.45, 7) is 0. The molecule has 0 fully saturated rings. The van der Waals surface area contributed by atoms with Crippen LogP contribution in [-0.4, -0.2) is 30.0 Å². The Labute approximate surface area is 49.0 Å². The van der Waals surface area contributed by atoms with Crippen molar-refractivity contribution in [1.29, 1.82) is 0 Å². The van der Waals surface area contributed by atoms with Gasteiger partial charge in [-0.3, -0.25) is 5.10 Å². The zero-order chi connectivity index (χ0) is 3.54. The first-order valence-corrected chi connectivity index (χ1v) is 1.44. The molecule has 0 atom stereocenters. The minimum absolute atomic E-state index is 0. The molecule has 0 saturated heterocycles. The van der Waals surface area contributed by atoms with Crippen LogP contribution in [0.2, 0.25) is 0 Å². The zero-order valence-electron chi connectivity index (χ0n) is 3.26. The fourth-order valence-electron chi connectivity index (χ4n) is 0.215. The summed E-state index contributed by atoms with van der Waals surface area (Å²) in [6.07, 6.45) is 3.46. The van der Waals surface area contributed by atoms with Crippen LogP contribution in [0.5, 0.6) is 0 Å². The number of hydrogen-bond acceptors (Lipinski definition) is 1. The molecule has 3 radical (unpaired) electrons. The van der Waals surface area contributed by atoms with E-state index in [2.05, 4.69) is 10.2 Å². The van der Waals surface area contributed by atoms with Crippen LogP contribution in [0.15, 0.2) is 18.5 Å². The molecule has 0 aliphatic heterocycles. The summed E-state index contributed by atoms with van der Waals surface area (Å²) in [7, 11) is 0. The molecule has 0 amide bonds. The number of rotatable bonds is 0. The van der Waals surface area contributed by atoms with Crippen molar-refractivity contribution in [2.45, 2.75) is 0 Å². The fraction of sp³-hybridized carbons (Fsp3) is 0. The van der Waals surface area contributed by atoms with E-state index in [1.54, 1.807) is 12.4 Å². The van der Waals surface area contributed by atoms with Gasteiger partial charge in [-0.2, -0.15) is 5.10 Å². The molecule has 3 heteroatoms. The second-order valence-corrected chi connectivity index (χ2v) is 0.766. The van der Waals surface area contributed by atoms with Crippen LogP contribution in [0.1, 0.15) is 0 Å². The van der Waals surface area contributed by atoms with Crippen molar-refractivity contribution in [3.8, 4) is 0 Å². The Kier molecular flexibility index (Phi) is 2.97. The summed E-state index contributed by atoms with van der Waals surface area (Å²) in [5, 5.41) is 6.21. The van der Waals surface area contributed by atoms with Gasteiger partial charge in [-0.15, -0.1) is 0 Å². The monoisotopic (exact) mass is 137 g/mol. The van der Waals surface area contributed by atoms with Gasteiger partial charge < -0.3 is 0 Å². The Morgan fingerprint density at radius 3 is 2.50 bits per heavy atom. The first-order valence-electron chi connectivity index (χ1n) is 1.44. The smallest absolute Gasteiger partial charge is 0.0487 e. The van der Waals surface area contributed by atoms with E-state index in [9.17, 15) is 0 Å². The molecule has 29 valence electrons. The van der Waals surface area contributed by atoms with Crippen molar-refractivity contribution < 1.29 is 0 Å². The van der Waals surface area contributed by atoms with Gasteiger partial charge in [-0.25, -0.2) is 0 Å². The van der Waals surface area contributed by atoms with E-state index < -0.39 is 0 Å². The number of H-pyrrole nitrogens is 1. The van der Waals surface area contributed by atoms with Gasteiger partial charge in [-0.1, -0.05) is 0 Å². The first-order chi connectivity index (χ1) is 2.50. The van der Waals surface area contributed by atoms with Crippen LogP contribution in [-0.2, 0) is 0 Å². The standard InChI is InChI=1S/C3H4N2.Ga/c1-2-4-5-3-1;/h1-3H,(H,4,5);. The summed E-state index contributed by atoms with van der Waals surface area (Å²) in [5.74, 6) is 0. The maximum atomic E-state index is 3.60. The van der Waals surface area contributed by atoms with E-state index in [1.807, 2.05) is 6.07 Å². The largest absolute Gasteiger partial charge is 0.286 e. The Bertz CT molecular complexity index is 65.3. The number of aromatic nitrogens is 2. The number of aromatic amines is 1. The van der Waals surface area contributed by atoms with Crippen LogP contribution in [0, 0.1) is 0 Å². The maximum Gasteiger partial charge on any atom is 0.0487 e. The molecule has 0 aliphatic rings. The number of hydrogen-bond donors (Lipinski definition) is 1. The summed E-state index contributed by atoms with van der Waals surface area (Å²) >= 11 is 0. The molecule has 1 N–H and O–H groups in total. The SMILES string of the molecule is [Ga].c1cn[nH]c1. The molecular weight excluding hydrogens is 134 g/mol. The molecule has 1 heterocycles. The van der Waals surface area contributed by atoms with Gasteiger partial charge in [-0.05, 0) is 6.07 Å². The third-order valence-corrected chi connectivity index (χ3v) is 0.406. The minimum atomic E-state index is 0. The summed E-state index contributed by atoms with van der Waals surface area (Å²) in [5.41, 5.74) is 0. The van der Waals surface area contributed by atoms with Crippen molar-refractivity contribution in [2.75, 3.05) is 0 Å². The Balaban J connectivity index is 0.000000250. The van der Waals surface area contributed by atoms with E-state index in [-0.39, 0.29) is 19.8 Å². The number of nitrogens with one attached hydrogen (secondary N) is 1. The predicted octanol–water partition coefficient (Wildman–Crippen LogP) is 0.0289. The molecule has 0 aromatic carbocycles. The third-order valence-electron chi connectivity index (χ3n) is 0.406. The third kappa shape index (κ3) is 1.33. The molecule has 1 aromatic rings. The molecule has 1 aromatic heterocycles. The molecule has 0 unspecified atom stereocenters. The predicted molar refractivity (Wildman–Crippen MR) is 24.3 cm³/mol. The summed E-state index contributed by atoms with van der Waals surface area (Å²) in [4.78, 5) is 0. The van der Waals surface area contributed by atoms with E-state index >= 15 is 0 Å². The Hall–Kier alpha value is -0.154. The zero-order valence-corrected chi connectivity index (χ0v) is 5.68. The molecule has 0 bridgehead atoms. The minimum Gasteiger partial charge on any atom is -0.286 e. The van der Waals surface area contributed by atoms with E-state index in [4.69, 9.17) is 0 Å². The summed E-state index contributed by atoms with van der Waals surface area (Å²) in [6, 6.07) is 1.83. The van der Waals surface area contributed by atoms with Crippen molar-refractivity contribution in [3.63, 3.8) is 0 Å². The van der Waals surface area contributed by atoms with E-state index in [1.165, 1.54) is 0 Å². The number of nitrogens with zero attached hydrogens (tertiary/aromatic N) is 1. The van der Waals surface area contributed by atoms with Gasteiger partial charge in [0, 0.05) is 32.2 Å². The fourth-order valence-corrected chi connectivity index (χ4v) is 0.215. The second kappa shape index (κ2) is 3.05. The van der Waals surface area contributed by atoms with E-state index in [0.717, 1.165) is 0 Å². The second-order valence-electron chi connectivity index (χ2n) is 0.766. The van der Waals surface area contributed by atoms with Crippen LogP contribution < -0.4 is 0 Å². The van der Waals surface area contributed by atoms with Crippen LogP contribution in [0.25, 0.3) is 0 Å². The molecule has 2 nitrogen and oxygen atoms in total. The first kappa shape index (κ1) is 5.85. The maximum absolute atomic E-state index is 3.60. The molecular formula is C3H4GaN2.